The second-order valence-corrected chi connectivity index (χ2v) is 3.96. The van der Waals surface area contributed by atoms with Gasteiger partial charge in [-0.1, -0.05) is 12.1 Å². The van der Waals surface area contributed by atoms with Gasteiger partial charge in [0, 0.05) is 13.0 Å². The minimum Gasteiger partial charge on any atom is -0.383 e. The van der Waals surface area contributed by atoms with Gasteiger partial charge in [0.25, 0.3) is 5.91 Å². The minimum absolute atomic E-state index is 0.0307. The summed E-state index contributed by atoms with van der Waals surface area (Å²) in [6.45, 7) is 0.354. The first-order valence-electron chi connectivity index (χ1n) is 5.29. The van der Waals surface area contributed by atoms with Gasteiger partial charge in [-0.05, 0) is 18.6 Å². The number of methoxy groups -OCH3 is 1. The Morgan fingerprint density at radius 2 is 2.24 bits per heavy atom. The van der Waals surface area contributed by atoms with Crippen molar-refractivity contribution >= 4 is 17.5 Å². The Hall–Kier alpha value is -1.13. The SMILES string of the molecule is COCC(CCCl)NC(=O)c1ccccc1F. The molecule has 1 unspecified atom stereocenters. The van der Waals surface area contributed by atoms with Crippen molar-refractivity contribution in [3.8, 4) is 0 Å². The average Bonchev–Trinajstić information content (AvgIpc) is 2.30. The van der Waals surface area contributed by atoms with Crippen LogP contribution in [0.2, 0.25) is 0 Å². The van der Waals surface area contributed by atoms with E-state index >= 15 is 0 Å². The summed E-state index contributed by atoms with van der Waals surface area (Å²) in [6, 6.07) is 5.64. The van der Waals surface area contributed by atoms with Gasteiger partial charge in [0.05, 0.1) is 18.2 Å². The first-order valence-corrected chi connectivity index (χ1v) is 5.82. The molecule has 1 aromatic carbocycles. The zero-order chi connectivity index (χ0) is 12.7. The lowest BCUT2D eigenvalue weighted by molar-refractivity contribution is 0.0891. The summed E-state index contributed by atoms with van der Waals surface area (Å²) in [6.07, 6.45) is 0.579. The molecule has 0 aliphatic heterocycles. The lowest BCUT2D eigenvalue weighted by Gasteiger charge is -2.16. The average molecular weight is 260 g/mol. The van der Waals surface area contributed by atoms with Crippen LogP contribution >= 0.6 is 11.6 Å². The number of amides is 1. The highest BCUT2D eigenvalue weighted by molar-refractivity contribution is 6.17. The van der Waals surface area contributed by atoms with Crippen molar-refractivity contribution in [2.45, 2.75) is 12.5 Å². The maximum Gasteiger partial charge on any atom is 0.254 e. The molecule has 1 aromatic rings. The fourth-order valence-electron chi connectivity index (χ4n) is 1.44. The Kier molecular flexibility index (Phi) is 5.94. The van der Waals surface area contributed by atoms with Crippen molar-refractivity contribution in [3.05, 3.63) is 35.6 Å². The Bertz CT molecular complexity index is 367. The van der Waals surface area contributed by atoms with Gasteiger partial charge < -0.3 is 10.1 Å². The van der Waals surface area contributed by atoms with Gasteiger partial charge in [0.15, 0.2) is 0 Å². The van der Waals surface area contributed by atoms with Crippen LogP contribution < -0.4 is 5.32 Å². The van der Waals surface area contributed by atoms with E-state index in [9.17, 15) is 9.18 Å². The molecule has 0 spiro atoms. The van der Waals surface area contributed by atoms with Gasteiger partial charge in [-0.2, -0.15) is 0 Å². The van der Waals surface area contributed by atoms with Crippen LogP contribution in [-0.4, -0.2) is 31.5 Å². The quantitative estimate of drug-likeness (QED) is 0.796. The zero-order valence-corrected chi connectivity index (χ0v) is 10.3. The maximum absolute atomic E-state index is 13.3. The van der Waals surface area contributed by atoms with E-state index in [0.29, 0.717) is 18.9 Å². The predicted octanol–water partition coefficient (Wildman–Crippen LogP) is 2.20. The van der Waals surface area contributed by atoms with Gasteiger partial charge in [-0.15, -0.1) is 11.6 Å². The van der Waals surface area contributed by atoms with Crippen molar-refractivity contribution < 1.29 is 13.9 Å². The molecule has 1 N–H and O–H groups in total. The van der Waals surface area contributed by atoms with E-state index in [1.165, 1.54) is 25.3 Å². The second kappa shape index (κ2) is 7.25. The van der Waals surface area contributed by atoms with Crippen LogP contribution in [0.5, 0.6) is 0 Å². The molecule has 5 heteroatoms. The maximum atomic E-state index is 13.3. The fraction of sp³-hybridized carbons (Fsp3) is 0.417. The predicted molar refractivity (Wildman–Crippen MR) is 64.9 cm³/mol. The second-order valence-electron chi connectivity index (χ2n) is 3.58. The van der Waals surface area contributed by atoms with Crippen LogP contribution in [0.25, 0.3) is 0 Å². The van der Waals surface area contributed by atoms with Crippen molar-refractivity contribution in [1.29, 1.82) is 0 Å². The summed E-state index contributed by atoms with van der Waals surface area (Å²) in [4.78, 5) is 11.8. The number of nitrogens with one attached hydrogen (secondary N) is 1. The third kappa shape index (κ3) is 4.32. The molecule has 0 aliphatic rings. The molecule has 0 fully saturated rings. The molecule has 0 radical (unpaired) electrons. The third-order valence-electron chi connectivity index (χ3n) is 2.28. The van der Waals surface area contributed by atoms with E-state index < -0.39 is 11.7 Å². The number of carbonyl (C=O) groups excluding carboxylic acids is 1. The number of carbonyl (C=O) groups is 1. The van der Waals surface area contributed by atoms with Crippen LogP contribution in [0.15, 0.2) is 24.3 Å². The van der Waals surface area contributed by atoms with E-state index in [1.54, 1.807) is 6.07 Å². The first-order chi connectivity index (χ1) is 8.19. The zero-order valence-electron chi connectivity index (χ0n) is 9.58. The first kappa shape index (κ1) is 13.9. The smallest absolute Gasteiger partial charge is 0.254 e. The molecule has 1 atom stereocenters. The number of hydrogen-bond acceptors (Lipinski definition) is 2. The number of rotatable bonds is 6. The topological polar surface area (TPSA) is 38.3 Å². The number of ether oxygens (including phenoxy) is 1. The lowest BCUT2D eigenvalue weighted by atomic mass is 10.1. The van der Waals surface area contributed by atoms with E-state index in [0.717, 1.165) is 0 Å². The highest BCUT2D eigenvalue weighted by atomic mass is 35.5. The molecule has 0 saturated carbocycles. The van der Waals surface area contributed by atoms with Crippen LogP contribution in [0.1, 0.15) is 16.8 Å². The molecule has 0 heterocycles. The van der Waals surface area contributed by atoms with E-state index in [1.807, 2.05) is 0 Å². The highest BCUT2D eigenvalue weighted by Crippen LogP contribution is 2.07. The van der Waals surface area contributed by atoms with Gasteiger partial charge in [0.2, 0.25) is 0 Å². The van der Waals surface area contributed by atoms with E-state index in [4.69, 9.17) is 16.3 Å². The molecular weight excluding hydrogens is 245 g/mol. The molecule has 0 saturated heterocycles. The van der Waals surface area contributed by atoms with Gasteiger partial charge in [-0.25, -0.2) is 4.39 Å². The van der Waals surface area contributed by atoms with Crippen LogP contribution in [0.3, 0.4) is 0 Å². The molecule has 0 aromatic heterocycles. The largest absolute Gasteiger partial charge is 0.383 e. The summed E-state index contributed by atoms with van der Waals surface area (Å²) >= 11 is 5.61. The molecule has 0 aliphatic carbocycles. The van der Waals surface area contributed by atoms with Crippen LogP contribution in [-0.2, 0) is 4.74 Å². The highest BCUT2D eigenvalue weighted by Gasteiger charge is 2.15. The Morgan fingerprint density at radius 1 is 1.53 bits per heavy atom. The summed E-state index contributed by atoms with van der Waals surface area (Å²) in [5.41, 5.74) is 0.0307. The molecular formula is C12H15ClFNO2. The van der Waals surface area contributed by atoms with Gasteiger partial charge in [0.1, 0.15) is 5.82 Å². The number of benzene rings is 1. The summed E-state index contributed by atoms with van der Waals surface area (Å²) in [7, 11) is 1.54. The van der Waals surface area contributed by atoms with Crippen LogP contribution in [0.4, 0.5) is 4.39 Å². The third-order valence-corrected chi connectivity index (χ3v) is 2.50. The molecule has 3 nitrogen and oxygen atoms in total. The Labute approximate surface area is 105 Å². The van der Waals surface area contributed by atoms with E-state index in [2.05, 4.69) is 5.32 Å². The fourth-order valence-corrected chi connectivity index (χ4v) is 1.70. The molecule has 1 rings (SSSR count). The number of alkyl halides is 1. The van der Waals surface area contributed by atoms with E-state index in [-0.39, 0.29) is 11.6 Å². The summed E-state index contributed by atoms with van der Waals surface area (Å²) < 4.78 is 18.3. The Morgan fingerprint density at radius 3 is 2.82 bits per heavy atom. The molecule has 0 bridgehead atoms. The van der Waals surface area contributed by atoms with Gasteiger partial charge in [-0.3, -0.25) is 4.79 Å². The normalized spacial score (nSPS) is 12.2. The standard InChI is InChI=1S/C12H15ClFNO2/c1-17-8-9(6-7-13)15-12(16)10-4-2-3-5-11(10)14/h2-5,9H,6-8H2,1H3,(H,15,16). The van der Waals surface area contributed by atoms with Gasteiger partial charge >= 0.3 is 0 Å². The Balaban J connectivity index is 2.67. The minimum atomic E-state index is -0.535. The molecule has 1 amide bonds. The van der Waals surface area contributed by atoms with Crippen molar-refractivity contribution in [2.24, 2.45) is 0 Å². The molecule has 17 heavy (non-hydrogen) atoms. The van der Waals surface area contributed by atoms with Crippen molar-refractivity contribution in [3.63, 3.8) is 0 Å². The molecule has 94 valence electrons. The number of halogens is 2. The summed E-state index contributed by atoms with van der Waals surface area (Å²) in [5.74, 6) is -0.576. The van der Waals surface area contributed by atoms with Crippen molar-refractivity contribution in [1.82, 2.24) is 5.32 Å². The van der Waals surface area contributed by atoms with Crippen molar-refractivity contribution in [2.75, 3.05) is 19.6 Å². The van der Waals surface area contributed by atoms with Crippen LogP contribution in [0, 0.1) is 5.82 Å². The number of hydrogen-bond donors (Lipinski definition) is 1. The summed E-state index contributed by atoms with van der Waals surface area (Å²) in [5, 5.41) is 2.69. The lowest BCUT2D eigenvalue weighted by Crippen LogP contribution is -2.38. The monoisotopic (exact) mass is 259 g/mol.